The number of pyridine rings is 1. The molecule has 1 aromatic heterocycles. The first-order chi connectivity index (χ1) is 8.04. The second-order valence-corrected chi connectivity index (χ2v) is 3.76. The number of rotatable bonds is 1. The summed E-state index contributed by atoms with van der Waals surface area (Å²) in [5.74, 6) is -0.578. The molecule has 0 spiro atoms. The normalized spacial score (nSPS) is 10.5. The molecule has 5 nitrogen and oxygen atoms in total. The SMILES string of the molecule is COC(=O)c1cc(=O)c2c(N)ccc(C)c2[nH]1. The van der Waals surface area contributed by atoms with Crippen LogP contribution in [0.1, 0.15) is 16.1 Å². The van der Waals surface area contributed by atoms with Gasteiger partial charge in [0.1, 0.15) is 5.69 Å². The first-order valence-electron chi connectivity index (χ1n) is 5.05. The van der Waals surface area contributed by atoms with E-state index in [9.17, 15) is 9.59 Å². The predicted octanol–water partition coefficient (Wildman–Crippen LogP) is 1.21. The zero-order valence-electron chi connectivity index (χ0n) is 9.53. The molecule has 5 heteroatoms. The highest BCUT2D eigenvalue weighted by Crippen LogP contribution is 2.19. The maximum absolute atomic E-state index is 11.9. The van der Waals surface area contributed by atoms with Crippen LogP contribution in [0.5, 0.6) is 0 Å². The third-order valence-electron chi connectivity index (χ3n) is 2.63. The molecule has 88 valence electrons. The van der Waals surface area contributed by atoms with Gasteiger partial charge in [0.05, 0.1) is 18.0 Å². The van der Waals surface area contributed by atoms with Gasteiger partial charge in [0.15, 0.2) is 5.43 Å². The second kappa shape index (κ2) is 3.93. The van der Waals surface area contributed by atoms with Gasteiger partial charge in [-0.15, -0.1) is 0 Å². The van der Waals surface area contributed by atoms with E-state index in [4.69, 9.17) is 5.73 Å². The molecule has 17 heavy (non-hydrogen) atoms. The molecule has 3 N–H and O–H groups in total. The number of fused-ring (bicyclic) bond motifs is 1. The van der Waals surface area contributed by atoms with Crippen LogP contribution in [-0.4, -0.2) is 18.1 Å². The minimum absolute atomic E-state index is 0.124. The van der Waals surface area contributed by atoms with Crippen LogP contribution in [0.15, 0.2) is 23.0 Å². The van der Waals surface area contributed by atoms with E-state index in [2.05, 4.69) is 9.72 Å². The van der Waals surface area contributed by atoms with Gasteiger partial charge >= 0.3 is 5.97 Å². The van der Waals surface area contributed by atoms with Crippen LogP contribution in [0.25, 0.3) is 10.9 Å². The lowest BCUT2D eigenvalue weighted by Gasteiger charge is -2.07. The number of aryl methyl sites for hydroxylation is 1. The van der Waals surface area contributed by atoms with Crippen molar-refractivity contribution >= 4 is 22.6 Å². The number of nitrogens with one attached hydrogen (secondary N) is 1. The monoisotopic (exact) mass is 232 g/mol. The molecule has 0 aliphatic heterocycles. The third kappa shape index (κ3) is 1.75. The van der Waals surface area contributed by atoms with Crippen LogP contribution >= 0.6 is 0 Å². The number of carbonyl (C=O) groups excluding carboxylic acids is 1. The van der Waals surface area contributed by atoms with Gasteiger partial charge in [0.2, 0.25) is 0 Å². The largest absolute Gasteiger partial charge is 0.464 e. The van der Waals surface area contributed by atoms with Crippen LogP contribution in [-0.2, 0) is 4.74 Å². The summed E-state index contributed by atoms with van der Waals surface area (Å²) in [4.78, 5) is 26.1. The summed E-state index contributed by atoms with van der Waals surface area (Å²) < 4.78 is 4.57. The highest BCUT2D eigenvalue weighted by molar-refractivity contribution is 5.96. The molecule has 1 heterocycles. The Morgan fingerprint density at radius 1 is 1.41 bits per heavy atom. The summed E-state index contributed by atoms with van der Waals surface area (Å²) in [5, 5.41) is 0.401. The molecule has 0 aliphatic carbocycles. The van der Waals surface area contributed by atoms with Gasteiger partial charge in [-0.1, -0.05) is 6.07 Å². The first kappa shape index (κ1) is 11.2. The Hall–Kier alpha value is -2.30. The molecule has 2 rings (SSSR count). The Kier molecular flexibility index (Phi) is 2.59. The van der Waals surface area contributed by atoms with Crippen LogP contribution in [0, 0.1) is 6.92 Å². The van der Waals surface area contributed by atoms with Crippen molar-refractivity contribution in [3.63, 3.8) is 0 Å². The maximum atomic E-state index is 11.9. The fourth-order valence-electron chi connectivity index (χ4n) is 1.74. The number of aromatic nitrogens is 1. The molecule has 0 saturated carbocycles. The number of aromatic amines is 1. The zero-order chi connectivity index (χ0) is 12.6. The van der Waals surface area contributed by atoms with Crippen molar-refractivity contribution in [1.82, 2.24) is 4.98 Å². The van der Waals surface area contributed by atoms with Gasteiger partial charge in [-0.3, -0.25) is 4.79 Å². The van der Waals surface area contributed by atoms with Crippen LogP contribution < -0.4 is 11.2 Å². The Balaban J connectivity index is 2.87. The topological polar surface area (TPSA) is 85.2 Å². The Morgan fingerprint density at radius 3 is 2.76 bits per heavy atom. The average molecular weight is 232 g/mol. The van der Waals surface area contributed by atoms with E-state index >= 15 is 0 Å². The van der Waals surface area contributed by atoms with Gasteiger partial charge in [-0.2, -0.15) is 0 Å². The van der Waals surface area contributed by atoms with E-state index in [1.807, 2.05) is 6.92 Å². The molecule has 0 unspecified atom stereocenters. The van der Waals surface area contributed by atoms with E-state index in [-0.39, 0.29) is 11.1 Å². The summed E-state index contributed by atoms with van der Waals surface area (Å²) >= 11 is 0. The van der Waals surface area contributed by atoms with Crippen molar-refractivity contribution in [2.24, 2.45) is 0 Å². The summed E-state index contributed by atoms with van der Waals surface area (Å²) in [5.41, 5.74) is 7.38. The third-order valence-corrected chi connectivity index (χ3v) is 2.63. The van der Waals surface area contributed by atoms with Crippen molar-refractivity contribution in [2.45, 2.75) is 6.92 Å². The van der Waals surface area contributed by atoms with E-state index in [1.165, 1.54) is 13.2 Å². The number of H-pyrrole nitrogens is 1. The lowest BCUT2D eigenvalue weighted by atomic mass is 10.1. The number of anilines is 1. The number of hydrogen-bond donors (Lipinski definition) is 2. The van der Waals surface area contributed by atoms with Crippen LogP contribution in [0.4, 0.5) is 5.69 Å². The fraction of sp³-hybridized carbons (Fsp3) is 0.167. The highest BCUT2D eigenvalue weighted by Gasteiger charge is 2.12. The predicted molar refractivity (Wildman–Crippen MR) is 65.1 cm³/mol. The number of nitrogens with two attached hydrogens (primary N) is 1. The molecular formula is C12H12N2O3. The Morgan fingerprint density at radius 2 is 2.12 bits per heavy atom. The van der Waals surface area contributed by atoms with Gasteiger partial charge in [0, 0.05) is 11.8 Å². The van der Waals surface area contributed by atoms with E-state index in [0.29, 0.717) is 16.6 Å². The molecule has 0 atom stereocenters. The highest BCUT2D eigenvalue weighted by atomic mass is 16.5. The molecule has 0 fully saturated rings. The smallest absolute Gasteiger partial charge is 0.354 e. The zero-order valence-corrected chi connectivity index (χ0v) is 9.53. The first-order valence-corrected chi connectivity index (χ1v) is 5.05. The minimum Gasteiger partial charge on any atom is -0.464 e. The van der Waals surface area contributed by atoms with Crippen LogP contribution in [0.3, 0.4) is 0 Å². The molecule has 0 saturated heterocycles. The lowest BCUT2D eigenvalue weighted by molar-refractivity contribution is 0.0594. The number of benzene rings is 1. The van der Waals surface area contributed by atoms with Gasteiger partial charge in [-0.25, -0.2) is 4.79 Å². The van der Waals surface area contributed by atoms with Crippen molar-refractivity contribution < 1.29 is 9.53 Å². The molecular weight excluding hydrogens is 220 g/mol. The molecule has 0 radical (unpaired) electrons. The summed E-state index contributed by atoms with van der Waals surface area (Å²) in [7, 11) is 1.26. The average Bonchev–Trinajstić information content (AvgIpc) is 2.32. The summed E-state index contributed by atoms with van der Waals surface area (Å²) in [6, 6.07) is 4.66. The summed E-state index contributed by atoms with van der Waals surface area (Å²) in [6.45, 7) is 1.83. The molecule has 1 aromatic carbocycles. The van der Waals surface area contributed by atoms with E-state index < -0.39 is 5.97 Å². The number of nitrogen functional groups attached to an aromatic ring is 1. The van der Waals surface area contributed by atoms with Crippen LogP contribution in [0.2, 0.25) is 0 Å². The molecule has 0 aliphatic rings. The van der Waals surface area contributed by atoms with E-state index in [0.717, 1.165) is 5.56 Å². The lowest BCUT2D eigenvalue weighted by Crippen LogP contribution is -2.13. The van der Waals surface area contributed by atoms with Gasteiger partial charge in [-0.05, 0) is 18.6 Å². The molecule has 0 bridgehead atoms. The maximum Gasteiger partial charge on any atom is 0.354 e. The minimum atomic E-state index is -0.578. The second-order valence-electron chi connectivity index (χ2n) is 3.76. The quantitative estimate of drug-likeness (QED) is 0.571. The standard InChI is InChI=1S/C12H12N2O3/c1-6-3-4-7(13)10-9(15)5-8(12(16)17-2)14-11(6)10/h3-5H,13H2,1-2H3,(H,14,15). The number of ether oxygens (including phenoxy) is 1. The molecule has 0 amide bonds. The number of carbonyl (C=O) groups is 1. The van der Waals surface area contributed by atoms with Gasteiger partial charge in [0.25, 0.3) is 0 Å². The van der Waals surface area contributed by atoms with Crippen molar-refractivity contribution in [3.05, 3.63) is 39.7 Å². The Labute approximate surface area is 97.2 Å². The van der Waals surface area contributed by atoms with Gasteiger partial charge < -0.3 is 15.5 Å². The fourth-order valence-corrected chi connectivity index (χ4v) is 1.74. The Bertz CT molecular complexity index is 659. The van der Waals surface area contributed by atoms with Crippen molar-refractivity contribution in [1.29, 1.82) is 0 Å². The van der Waals surface area contributed by atoms with Crippen molar-refractivity contribution in [3.8, 4) is 0 Å². The number of hydrogen-bond acceptors (Lipinski definition) is 4. The number of methoxy groups -OCH3 is 1. The van der Waals surface area contributed by atoms with Crippen molar-refractivity contribution in [2.75, 3.05) is 12.8 Å². The van der Waals surface area contributed by atoms with E-state index in [1.54, 1.807) is 12.1 Å². The molecule has 2 aromatic rings. The summed E-state index contributed by atoms with van der Waals surface area (Å²) in [6.07, 6.45) is 0. The number of esters is 1.